The predicted octanol–water partition coefficient (Wildman–Crippen LogP) is 8.00. The van der Waals surface area contributed by atoms with Gasteiger partial charge < -0.3 is 5.11 Å². The smallest absolute Gasteiger partial charge is 0.0545 e. The van der Waals surface area contributed by atoms with Crippen LogP contribution in [0.1, 0.15) is 126 Å². The van der Waals surface area contributed by atoms with Gasteiger partial charge in [-0.25, -0.2) is 0 Å². The molecule has 0 spiro atoms. The minimum atomic E-state index is -0.146. The van der Waals surface area contributed by atoms with Crippen molar-refractivity contribution in [1.82, 2.24) is 0 Å². The average Bonchev–Trinajstić information content (AvgIpc) is 2.46. The zero-order valence-corrected chi connectivity index (χ0v) is 19.0. The molecular formula is C24H50O. The van der Waals surface area contributed by atoms with Gasteiger partial charge in [-0.15, -0.1) is 0 Å². The Balaban J connectivity index is 4.17. The van der Waals surface area contributed by atoms with Crippen molar-refractivity contribution in [3.8, 4) is 0 Å². The Morgan fingerprint density at radius 3 is 1.60 bits per heavy atom. The van der Waals surface area contributed by atoms with Gasteiger partial charge in [0.1, 0.15) is 0 Å². The quantitative estimate of drug-likeness (QED) is 0.332. The van der Waals surface area contributed by atoms with Crippen LogP contribution in [0, 0.1) is 22.7 Å². The maximum absolute atomic E-state index is 10.6. The molecule has 0 heterocycles. The third-order valence-electron chi connectivity index (χ3n) is 6.29. The van der Waals surface area contributed by atoms with Crippen molar-refractivity contribution in [3.63, 3.8) is 0 Å². The van der Waals surface area contributed by atoms with E-state index in [1.165, 1.54) is 57.8 Å². The van der Waals surface area contributed by atoms with E-state index in [9.17, 15) is 5.11 Å². The fraction of sp³-hybridized carbons (Fsp3) is 1.00. The van der Waals surface area contributed by atoms with Crippen molar-refractivity contribution in [1.29, 1.82) is 0 Å². The van der Waals surface area contributed by atoms with E-state index in [0.717, 1.165) is 12.8 Å². The molecule has 0 rings (SSSR count). The van der Waals surface area contributed by atoms with E-state index in [0.29, 0.717) is 17.3 Å². The van der Waals surface area contributed by atoms with Gasteiger partial charge in [0.05, 0.1) is 6.10 Å². The second-order valence-corrected chi connectivity index (χ2v) is 10.7. The van der Waals surface area contributed by atoms with Gasteiger partial charge in [-0.1, -0.05) is 107 Å². The zero-order valence-electron chi connectivity index (χ0n) is 19.0. The minimum Gasteiger partial charge on any atom is -0.393 e. The Morgan fingerprint density at radius 1 is 0.680 bits per heavy atom. The van der Waals surface area contributed by atoms with E-state index in [2.05, 4.69) is 55.4 Å². The highest BCUT2D eigenvalue weighted by Gasteiger charge is 2.29. The molecule has 0 bridgehead atoms. The summed E-state index contributed by atoms with van der Waals surface area (Å²) in [5, 5.41) is 10.6. The van der Waals surface area contributed by atoms with E-state index in [4.69, 9.17) is 0 Å². The molecule has 0 saturated carbocycles. The van der Waals surface area contributed by atoms with E-state index in [1.807, 2.05) is 0 Å². The molecule has 0 aliphatic rings. The van der Waals surface area contributed by atoms with E-state index < -0.39 is 0 Å². The van der Waals surface area contributed by atoms with Gasteiger partial charge in [0, 0.05) is 0 Å². The van der Waals surface area contributed by atoms with Crippen molar-refractivity contribution >= 4 is 0 Å². The highest BCUT2D eigenvalue weighted by Crippen LogP contribution is 2.36. The molecule has 152 valence electrons. The molecule has 0 aromatic carbocycles. The second kappa shape index (κ2) is 12.4. The molecule has 3 unspecified atom stereocenters. The standard InChI is InChI=1S/C24H50O/c1-9-10-11-12-13-14-15-16-17-21(24(6,7)8)19-22(25)18-20(2)23(3,4)5/h20-22,25H,9-19H2,1-8H3. The summed E-state index contributed by atoms with van der Waals surface area (Å²) in [6, 6.07) is 0. The number of hydrogen-bond donors (Lipinski definition) is 1. The van der Waals surface area contributed by atoms with Gasteiger partial charge in [-0.3, -0.25) is 0 Å². The van der Waals surface area contributed by atoms with Gasteiger partial charge >= 0.3 is 0 Å². The molecule has 0 aliphatic heterocycles. The van der Waals surface area contributed by atoms with Crippen LogP contribution in [0.25, 0.3) is 0 Å². The summed E-state index contributed by atoms with van der Waals surface area (Å²) in [6.07, 6.45) is 14.1. The molecule has 1 N–H and O–H groups in total. The molecule has 25 heavy (non-hydrogen) atoms. The fourth-order valence-corrected chi connectivity index (χ4v) is 3.62. The van der Waals surface area contributed by atoms with Crippen molar-refractivity contribution in [3.05, 3.63) is 0 Å². The van der Waals surface area contributed by atoms with Crippen LogP contribution in [-0.2, 0) is 0 Å². The molecule has 0 aromatic heterocycles. The second-order valence-electron chi connectivity index (χ2n) is 10.7. The highest BCUT2D eigenvalue weighted by atomic mass is 16.3. The largest absolute Gasteiger partial charge is 0.393 e. The summed E-state index contributed by atoms with van der Waals surface area (Å²) in [6.45, 7) is 18.5. The van der Waals surface area contributed by atoms with Crippen LogP contribution in [0.3, 0.4) is 0 Å². The highest BCUT2D eigenvalue weighted by molar-refractivity contribution is 4.80. The van der Waals surface area contributed by atoms with Crippen LogP contribution in [0.4, 0.5) is 0 Å². The summed E-state index contributed by atoms with van der Waals surface area (Å²) >= 11 is 0. The lowest BCUT2D eigenvalue weighted by Crippen LogP contribution is -2.28. The van der Waals surface area contributed by atoms with Crippen LogP contribution >= 0.6 is 0 Å². The summed E-state index contributed by atoms with van der Waals surface area (Å²) in [5.74, 6) is 1.20. The average molecular weight is 355 g/mol. The number of aliphatic hydroxyl groups is 1. The van der Waals surface area contributed by atoms with E-state index >= 15 is 0 Å². The number of rotatable bonds is 13. The molecule has 0 aliphatic carbocycles. The predicted molar refractivity (Wildman–Crippen MR) is 114 cm³/mol. The van der Waals surface area contributed by atoms with Gasteiger partial charge in [0.25, 0.3) is 0 Å². The molecule has 0 radical (unpaired) electrons. The molecule has 1 nitrogen and oxygen atoms in total. The van der Waals surface area contributed by atoms with Crippen LogP contribution in [-0.4, -0.2) is 11.2 Å². The monoisotopic (exact) mass is 354 g/mol. The Kier molecular flexibility index (Phi) is 12.3. The Hall–Kier alpha value is -0.0400. The number of aliphatic hydroxyl groups excluding tert-OH is 1. The molecular weight excluding hydrogens is 304 g/mol. The Bertz CT molecular complexity index is 307. The zero-order chi connectivity index (χ0) is 19.5. The molecule has 0 amide bonds. The SMILES string of the molecule is CCCCCCCCCCC(CC(O)CC(C)C(C)(C)C)C(C)(C)C. The van der Waals surface area contributed by atoms with Crippen molar-refractivity contribution < 1.29 is 5.11 Å². The first kappa shape index (κ1) is 25.0. The first-order valence-corrected chi connectivity index (χ1v) is 11.2. The number of hydrogen-bond acceptors (Lipinski definition) is 1. The van der Waals surface area contributed by atoms with Crippen molar-refractivity contribution in [2.24, 2.45) is 22.7 Å². The first-order chi connectivity index (χ1) is 11.5. The summed E-state index contributed by atoms with van der Waals surface area (Å²) in [4.78, 5) is 0. The van der Waals surface area contributed by atoms with E-state index in [-0.39, 0.29) is 11.5 Å². The van der Waals surface area contributed by atoms with Gasteiger partial charge in [0.2, 0.25) is 0 Å². The third-order valence-corrected chi connectivity index (χ3v) is 6.29. The Morgan fingerprint density at radius 2 is 1.16 bits per heavy atom. The Labute approximate surface area is 160 Å². The summed E-state index contributed by atoms with van der Waals surface area (Å²) in [5.41, 5.74) is 0.586. The molecule has 3 atom stereocenters. The van der Waals surface area contributed by atoms with Gasteiger partial charge in [-0.05, 0) is 41.9 Å². The van der Waals surface area contributed by atoms with Gasteiger partial charge in [-0.2, -0.15) is 0 Å². The molecule has 0 fully saturated rings. The molecule has 1 heteroatoms. The third kappa shape index (κ3) is 12.9. The topological polar surface area (TPSA) is 20.2 Å². The first-order valence-electron chi connectivity index (χ1n) is 11.2. The maximum Gasteiger partial charge on any atom is 0.0545 e. The summed E-state index contributed by atoms with van der Waals surface area (Å²) in [7, 11) is 0. The number of unbranched alkanes of at least 4 members (excludes halogenated alkanes) is 7. The van der Waals surface area contributed by atoms with Crippen LogP contribution in [0.5, 0.6) is 0 Å². The molecule has 0 aromatic rings. The van der Waals surface area contributed by atoms with E-state index in [1.54, 1.807) is 0 Å². The maximum atomic E-state index is 10.6. The normalized spacial score (nSPS) is 16.7. The van der Waals surface area contributed by atoms with Gasteiger partial charge in [0.15, 0.2) is 0 Å². The van der Waals surface area contributed by atoms with Crippen LogP contribution < -0.4 is 0 Å². The fourth-order valence-electron chi connectivity index (χ4n) is 3.62. The van der Waals surface area contributed by atoms with Crippen LogP contribution in [0.2, 0.25) is 0 Å². The molecule has 0 saturated heterocycles. The lowest BCUT2D eigenvalue weighted by Gasteiger charge is -2.35. The van der Waals surface area contributed by atoms with Crippen LogP contribution in [0.15, 0.2) is 0 Å². The lowest BCUT2D eigenvalue weighted by atomic mass is 9.72. The van der Waals surface area contributed by atoms with Crippen molar-refractivity contribution in [2.75, 3.05) is 0 Å². The summed E-state index contributed by atoms with van der Waals surface area (Å²) < 4.78 is 0. The lowest BCUT2D eigenvalue weighted by molar-refractivity contribution is 0.0616. The van der Waals surface area contributed by atoms with Crippen molar-refractivity contribution in [2.45, 2.75) is 132 Å². The minimum absolute atomic E-state index is 0.146.